The van der Waals surface area contributed by atoms with Gasteiger partial charge in [0, 0.05) is 0 Å². The van der Waals surface area contributed by atoms with E-state index in [9.17, 15) is 14.3 Å². The zero-order chi connectivity index (χ0) is 7.49. The Hall–Kier alpha value is -0.380. The molecule has 0 saturated heterocycles. The van der Waals surface area contributed by atoms with Crippen LogP contribution in [0.1, 0.15) is 0 Å². The van der Waals surface area contributed by atoms with Crippen LogP contribution in [-0.4, -0.2) is 24.1 Å². The predicted octanol–water partition coefficient (Wildman–Crippen LogP) is -1.29. The molecular weight excluding hydrogens is 147 g/mol. The van der Waals surface area contributed by atoms with E-state index < -0.39 is 19.7 Å². The van der Waals surface area contributed by atoms with E-state index in [-0.39, 0.29) is 0 Å². The van der Waals surface area contributed by atoms with Crippen molar-refractivity contribution in [2.24, 2.45) is 0 Å². The Morgan fingerprint density at radius 3 is 2.44 bits per heavy atom. The number of carbonyl (C=O) groups is 1. The van der Waals surface area contributed by atoms with Crippen LogP contribution in [0.3, 0.4) is 0 Å². The Morgan fingerprint density at radius 2 is 2.33 bits per heavy atom. The van der Waals surface area contributed by atoms with E-state index in [2.05, 4.69) is 4.74 Å². The molecule has 0 fully saturated rings. The molecule has 0 aliphatic rings. The molecular formula is C3H6O5P-. The van der Waals surface area contributed by atoms with Crippen molar-refractivity contribution in [3.63, 3.8) is 0 Å². The monoisotopic (exact) mass is 153 g/mol. The summed E-state index contributed by atoms with van der Waals surface area (Å²) < 4.78 is 13.8. The van der Waals surface area contributed by atoms with Gasteiger partial charge in [-0.3, -0.25) is 4.79 Å². The van der Waals surface area contributed by atoms with Gasteiger partial charge in [0.25, 0.3) is 0 Å². The van der Waals surface area contributed by atoms with Gasteiger partial charge in [-0.15, -0.1) is 0 Å². The first-order valence-electron chi connectivity index (χ1n) is 2.05. The fourth-order valence-electron chi connectivity index (χ4n) is 0.228. The van der Waals surface area contributed by atoms with Gasteiger partial charge in [-0.1, -0.05) is 0 Å². The highest BCUT2D eigenvalue weighted by Gasteiger charge is 2.08. The molecule has 0 aromatic heterocycles. The van der Waals surface area contributed by atoms with E-state index in [1.807, 2.05) is 0 Å². The maximum absolute atomic E-state index is 10.1. The molecule has 1 N–H and O–H groups in total. The van der Waals surface area contributed by atoms with E-state index in [1.165, 1.54) is 0 Å². The molecule has 6 heteroatoms. The molecule has 54 valence electrons. The molecule has 0 radical (unpaired) electrons. The highest BCUT2D eigenvalue weighted by atomic mass is 31.2. The molecule has 1 atom stereocenters. The maximum Gasteiger partial charge on any atom is 0.314 e. The van der Waals surface area contributed by atoms with Gasteiger partial charge in [-0.05, 0) is 0 Å². The van der Waals surface area contributed by atoms with Crippen LogP contribution in [0, 0.1) is 0 Å². The van der Waals surface area contributed by atoms with Crippen molar-refractivity contribution in [2.45, 2.75) is 0 Å². The minimum Gasteiger partial charge on any atom is -0.778 e. The SMILES string of the molecule is COC(=O)CP(=O)([O-])O. The Balaban J connectivity index is 3.75. The van der Waals surface area contributed by atoms with Crippen molar-refractivity contribution in [1.29, 1.82) is 0 Å². The second kappa shape index (κ2) is 2.96. The summed E-state index contributed by atoms with van der Waals surface area (Å²) in [6.07, 6.45) is -0.955. The highest BCUT2D eigenvalue weighted by Crippen LogP contribution is 2.27. The molecule has 0 aromatic rings. The lowest BCUT2D eigenvalue weighted by atomic mass is 10.8. The van der Waals surface area contributed by atoms with E-state index in [1.54, 1.807) is 0 Å². The van der Waals surface area contributed by atoms with Crippen LogP contribution in [0.2, 0.25) is 0 Å². The van der Waals surface area contributed by atoms with Gasteiger partial charge in [0.1, 0.15) is 13.8 Å². The summed E-state index contributed by atoms with van der Waals surface area (Å²) in [5.74, 6) is -0.962. The summed E-state index contributed by atoms with van der Waals surface area (Å²) in [4.78, 5) is 28.0. The summed E-state index contributed by atoms with van der Waals surface area (Å²) >= 11 is 0. The molecule has 0 amide bonds. The third-order valence-corrected chi connectivity index (χ3v) is 1.21. The van der Waals surface area contributed by atoms with E-state index in [0.717, 1.165) is 7.11 Å². The van der Waals surface area contributed by atoms with Crippen LogP contribution in [0.15, 0.2) is 0 Å². The lowest BCUT2D eigenvalue weighted by Gasteiger charge is -2.12. The van der Waals surface area contributed by atoms with Gasteiger partial charge in [-0.25, -0.2) is 0 Å². The molecule has 0 heterocycles. The Labute approximate surface area is 51.8 Å². The van der Waals surface area contributed by atoms with Crippen LogP contribution in [0.5, 0.6) is 0 Å². The Bertz CT molecular complexity index is 146. The third kappa shape index (κ3) is 5.49. The summed E-state index contributed by atoms with van der Waals surface area (Å²) in [5, 5.41) is 0. The number of ether oxygens (including phenoxy) is 1. The molecule has 0 aromatic carbocycles. The maximum atomic E-state index is 10.1. The van der Waals surface area contributed by atoms with E-state index >= 15 is 0 Å². The number of esters is 1. The zero-order valence-electron chi connectivity index (χ0n) is 4.73. The number of carbonyl (C=O) groups excluding carboxylic acids is 1. The molecule has 1 unspecified atom stereocenters. The molecule has 9 heavy (non-hydrogen) atoms. The Morgan fingerprint density at radius 1 is 1.89 bits per heavy atom. The van der Waals surface area contributed by atoms with E-state index in [4.69, 9.17) is 4.89 Å². The van der Waals surface area contributed by atoms with Gasteiger partial charge in [0.05, 0.1) is 7.11 Å². The summed E-state index contributed by atoms with van der Waals surface area (Å²) in [6.45, 7) is 0. The minimum absolute atomic E-state index is 0.955. The molecule has 5 nitrogen and oxygen atoms in total. The largest absolute Gasteiger partial charge is 0.778 e. The third-order valence-electron chi connectivity index (χ3n) is 0.557. The second-order valence-corrected chi connectivity index (χ2v) is 2.96. The lowest BCUT2D eigenvalue weighted by Crippen LogP contribution is -2.13. The Kier molecular flexibility index (Phi) is 2.84. The fourth-order valence-corrected chi connectivity index (χ4v) is 0.683. The predicted molar refractivity (Wildman–Crippen MR) is 26.7 cm³/mol. The standard InChI is InChI=1S/C3H7O5P/c1-8-3(4)2-9(5,6)7/h2H2,1H3,(H2,5,6,7)/p-1. The first kappa shape index (κ1) is 8.62. The van der Waals surface area contributed by atoms with Crippen LogP contribution >= 0.6 is 7.60 Å². The van der Waals surface area contributed by atoms with Crippen LogP contribution in [0.25, 0.3) is 0 Å². The van der Waals surface area contributed by atoms with Crippen molar-refractivity contribution in [3.8, 4) is 0 Å². The van der Waals surface area contributed by atoms with Crippen molar-refractivity contribution in [1.82, 2.24) is 0 Å². The summed E-state index contributed by atoms with van der Waals surface area (Å²) in [6, 6.07) is 0. The van der Waals surface area contributed by atoms with Crippen LogP contribution in [0.4, 0.5) is 0 Å². The normalized spacial score (nSPS) is 16.3. The van der Waals surface area contributed by atoms with Gasteiger partial charge in [0.15, 0.2) is 0 Å². The van der Waals surface area contributed by atoms with Crippen molar-refractivity contribution in [3.05, 3.63) is 0 Å². The van der Waals surface area contributed by atoms with Gasteiger partial charge in [0.2, 0.25) is 0 Å². The average molecular weight is 153 g/mol. The van der Waals surface area contributed by atoms with Gasteiger partial charge < -0.3 is 19.1 Å². The number of hydrogen-bond acceptors (Lipinski definition) is 4. The fraction of sp³-hybridized carbons (Fsp3) is 0.667. The van der Waals surface area contributed by atoms with Crippen molar-refractivity contribution in [2.75, 3.05) is 13.3 Å². The van der Waals surface area contributed by atoms with Crippen molar-refractivity contribution >= 4 is 13.6 Å². The van der Waals surface area contributed by atoms with Crippen molar-refractivity contribution < 1.29 is 23.9 Å². The molecule has 0 spiro atoms. The van der Waals surface area contributed by atoms with Crippen LogP contribution in [-0.2, 0) is 14.1 Å². The zero-order valence-corrected chi connectivity index (χ0v) is 5.63. The van der Waals surface area contributed by atoms with Crippen LogP contribution < -0.4 is 4.89 Å². The smallest absolute Gasteiger partial charge is 0.314 e. The highest BCUT2D eigenvalue weighted by molar-refractivity contribution is 7.51. The summed E-state index contributed by atoms with van der Waals surface area (Å²) in [5.41, 5.74) is 0. The second-order valence-electron chi connectivity index (χ2n) is 1.37. The first-order valence-corrected chi connectivity index (χ1v) is 3.81. The quantitative estimate of drug-likeness (QED) is 0.393. The summed E-state index contributed by atoms with van der Waals surface area (Å²) in [7, 11) is -3.42. The molecule has 0 bridgehead atoms. The molecule has 0 rings (SSSR count). The number of methoxy groups -OCH3 is 1. The molecule has 0 aliphatic heterocycles. The number of rotatable bonds is 2. The minimum atomic E-state index is -4.46. The van der Waals surface area contributed by atoms with E-state index in [0.29, 0.717) is 0 Å². The number of hydrogen-bond donors (Lipinski definition) is 1. The average Bonchev–Trinajstić information content (AvgIpc) is 1.62. The van der Waals surface area contributed by atoms with Gasteiger partial charge in [-0.2, -0.15) is 0 Å². The lowest BCUT2D eigenvalue weighted by molar-refractivity contribution is -0.194. The molecule has 0 saturated carbocycles. The first-order chi connectivity index (χ1) is 3.95. The molecule has 0 aliphatic carbocycles. The van der Waals surface area contributed by atoms with Gasteiger partial charge >= 0.3 is 5.97 Å². The topological polar surface area (TPSA) is 86.7 Å².